The summed E-state index contributed by atoms with van der Waals surface area (Å²) in [6.45, 7) is 4.59. The molecule has 1 aliphatic carbocycles. The van der Waals surface area contributed by atoms with Gasteiger partial charge < -0.3 is 9.51 Å². The summed E-state index contributed by atoms with van der Waals surface area (Å²) in [6, 6.07) is 8.77. The standard InChI is InChI=1S/C18H20N4O/c1-11(2)15-9-12(13-5-3-4-6-14(13)15)10-16-21-18(22-23-16)17-19-7-8-20-17/h3-8,11-12,15H,9-10H2,1-2H3,(H,19,20)/t12-,15-/m0/s1. The molecule has 1 N–H and O–H groups in total. The van der Waals surface area contributed by atoms with Gasteiger partial charge in [-0.15, -0.1) is 0 Å². The predicted octanol–water partition coefficient (Wildman–Crippen LogP) is 3.93. The Morgan fingerprint density at radius 1 is 1.26 bits per heavy atom. The van der Waals surface area contributed by atoms with Crippen molar-refractivity contribution in [3.63, 3.8) is 0 Å². The maximum Gasteiger partial charge on any atom is 0.238 e. The van der Waals surface area contributed by atoms with Crippen LogP contribution in [0.15, 0.2) is 41.2 Å². The summed E-state index contributed by atoms with van der Waals surface area (Å²) in [5.74, 6) is 3.55. The second-order valence-electron chi connectivity index (χ2n) is 6.57. The Bertz CT molecular complexity index is 791. The van der Waals surface area contributed by atoms with Crippen LogP contribution in [0.3, 0.4) is 0 Å². The zero-order valence-corrected chi connectivity index (χ0v) is 13.4. The molecule has 2 atom stereocenters. The molecule has 0 radical (unpaired) electrons. The fourth-order valence-corrected chi connectivity index (χ4v) is 3.64. The number of hydrogen-bond acceptors (Lipinski definition) is 4. The van der Waals surface area contributed by atoms with Gasteiger partial charge >= 0.3 is 0 Å². The molecule has 1 aliphatic rings. The molecule has 2 heterocycles. The van der Waals surface area contributed by atoms with Gasteiger partial charge in [0.15, 0.2) is 5.82 Å². The molecule has 0 saturated carbocycles. The highest BCUT2D eigenvalue weighted by molar-refractivity contribution is 5.42. The van der Waals surface area contributed by atoms with Gasteiger partial charge in [0, 0.05) is 18.8 Å². The molecule has 0 saturated heterocycles. The molecule has 0 unspecified atom stereocenters. The average molecular weight is 308 g/mol. The fourth-order valence-electron chi connectivity index (χ4n) is 3.64. The second kappa shape index (κ2) is 5.65. The van der Waals surface area contributed by atoms with E-state index in [-0.39, 0.29) is 0 Å². The number of aromatic nitrogens is 4. The van der Waals surface area contributed by atoms with E-state index in [4.69, 9.17) is 4.52 Å². The maximum absolute atomic E-state index is 5.44. The third-order valence-electron chi connectivity index (χ3n) is 4.78. The number of benzene rings is 1. The zero-order chi connectivity index (χ0) is 15.8. The smallest absolute Gasteiger partial charge is 0.238 e. The van der Waals surface area contributed by atoms with Gasteiger partial charge in [-0.25, -0.2) is 4.98 Å². The summed E-state index contributed by atoms with van der Waals surface area (Å²) in [5.41, 5.74) is 2.92. The van der Waals surface area contributed by atoms with Gasteiger partial charge in [0.2, 0.25) is 11.7 Å². The summed E-state index contributed by atoms with van der Waals surface area (Å²) in [4.78, 5) is 11.7. The van der Waals surface area contributed by atoms with Gasteiger partial charge in [0.1, 0.15) is 0 Å². The minimum absolute atomic E-state index is 0.448. The van der Waals surface area contributed by atoms with Gasteiger partial charge in [-0.2, -0.15) is 4.98 Å². The minimum atomic E-state index is 0.448. The van der Waals surface area contributed by atoms with E-state index in [2.05, 4.69) is 58.2 Å². The molecule has 5 nitrogen and oxygen atoms in total. The summed E-state index contributed by atoms with van der Waals surface area (Å²) in [5, 5.41) is 4.03. The van der Waals surface area contributed by atoms with Gasteiger partial charge in [-0.1, -0.05) is 43.3 Å². The lowest BCUT2D eigenvalue weighted by atomic mass is 9.89. The number of imidazole rings is 1. The minimum Gasteiger partial charge on any atom is -0.342 e. The third-order valence-corrected chi connectivity index (χ3v) is 4.78. The van der Waals surface area contributed by atoms with Crippen LogP contribution in [0.5, 0.6) is 0 Å². The van der Waals surface area contributed by atoms with Crippen molar-refractivity contribution < 1.29 is 4.52 Å². The normalized spacial score (nSPS) is 20.1. The largest absolute Gasteiger partial charge is 0.342 e. The Hall–Kier alpha value is -2.43. The molecule has 5 heteroatoms. The first-order chi connectivity index (χ1) is 11.2. The molecular formula is C18H20N4O. The van der Waals surface area contributed by atoms with Crippen molar-refractivity contribution in [3.8, 4) is 11.6 Å². The Kier molecular flexibility index (Phi) is 3.48. The van der Waals surface area contributed by atoms with E-state index < -0.39 is 0 Å². The number of rotatable bonds is 4. The van der Waals surface area contributed by atoms with Crippen LogP contribution >= 0.6 is 0 Å². The number of nitrogens with one attached hydrogen (secondary N) is 1. The number of hydrogen-bond donors (Lipinski definition) is 1. The molecule has 23 heavy (non-hydrogen) atoms. The van der Waals surface area contributed by atoms with Crippen LogP contribution in [0.2, 0.25) is 0 Å². The van der Waals surface area contributed by atoms with Crippen LogP contribution in [0, 0.1) is 5.92 Å². The molecule has 118 valence electrons. The van der Waals surface area contributed by atoms with Crippen LogP contribution in [0.25, 0.3) is 11.6 Å². The van der Waals surface area contributed by atoms with Gasteiger partial charge in [-0.05, 0) is 35.3 Å². The number of H-pyrrole nitrogens is 1. The maximum atomic E-state index is 5.44. The molecule has 1 aromatic carbocycles. The van der Waals surface area contributed by atoms with E-state index >= 15 is 0 Å². The SMILES string of the molecule is CC(C)[C@@H]1C[C@@H](Cc2nc(-c3ncc[nH]3)no2)c2ccccc21. The summed E-state index contributed by atoms with van der Waals surface area (Å²) in [6.07, 6.45) is 5.38. The van der Waals surface area contributed by atoms with E-state index in [1.54, 1.807) is 12.4 Å². The van der Waals surface area contributed by atoms with Crippen LogP contribution in [-0.4, -0.2) is 20.1 Å². The van der Waals surface area contributed by atoms with Crippen LogP contribution < -0.4 is 0 Å². The molecule has 3 aromatic rings. The van der Waals surface area contributed by atoms with Crippen LogP contribution in [-0.2, 0) is 6.42 Å². The average Bonchev–Trinajstić information content (AvgIpc) is 3.26. The van der Waals surface area contributed by atoms with Crippen LogP contribution in [0.1, 0.15) is 49.1 Å². The van der Waals surface area contributed by atoms with Crippen molar-refractivity contribution in [2.24, 2.45) is 5.92 Å². The van der Waals surface area contributed by atoms with Crippen molar-refractivity contribution in [2.45, 2.75) is 38.5 Å². The second-order valence-corrected chi connectivity index (χ2v) is 6.57. The van der Waals surface area contributed by atoms with Gasteiger partial charge in [-0.3, -0.25) is 0 Å². The topological polar surface area (TPSA) is 67.6 Å². The summed E-state index contributed by atoms with van der Waals surface area (Å²) in [7, 11) is 0. The quantitative estimate of drug-likeness (QED) is 0.793. The van der Waals surface area contributed by atoms with E-state index in [1.807, 2.05) is 0 Å². The Balaban J connectivity index is 1.58. The molecule has 0 spiro atoms. The van der Waals surface area contributed by atoms with E-state index in [0.717, 1.165) is 12.8 Å². The Morgan fingerprint density at radius 2 is 2.09 bits per heavy atom. The first-order valence-electron chi connectivity index (χ1n) is 8.13. The highest BCUT2D eigenvalue weighted by Gasteiger charge is 2.33. The first kappa shape index (κ1) is 14.2. The Labute approximate surface area is 135 Å². The first-order valence-corrected chi connectivity index (χ1v) is 8.13. The van der Waals surface area contributed by atoms with Crippen molar-refractivity contribution in [2.75, 3.05) is 0 Å². The van der Waals surface area contributed by atoms with Crippen molar-refractivity contribution in [1.29, 1.82) is 0 Å². The zero-order valence-electron chi connectivity index (χ0n) is 13.4. The molecule has 0 fully saturated rings. The van der Waals surface area contributed by atoms with Gasteiger partial charge in [0.05, 0.1) is 0 Å². The van der Waals surface area contributed by atoms with E-state index in [0.29, 0.717) is 35.3 Å². The predicted molar refractivity (Wildman–Crippen MR) is 87.0 cm³/mol. The lowest BCUT2D eigenvalue weighted by Crippen LogP contribution is -2.03. The highest BCUT2D eigenvalue weighted by Crippen LogP contribution is 2.46. The molecule has 0 aliphatic heterocycles. The van der Waals surface area contributed by atoms with E-state index in [1.165, 1.54) is 11.1 Å². The fraction of sp³-hybridized carbons (Fsp3) is 0.389. The van der Waals surface area contributed by atoms with Gasteiger partial charge in [0.25, 0.3) is 0 Å². The molecular weight excluding hydrogens is 288 g/mol. The third kappa shape index (κ3) is 2.56. The molecule has 4 rings (SSSR count). The van der Waals surface area contributed by atoms with Crippen molar-refractivity contribution in [1.82, 2.24) is 20.1 Å². The van der Waals surface area contributed by atoms with Crippen LogP contribution in [0.4, 0.5) is 0 Å². The molecule has 0 bridgehead atoms. The summed E-state index contributed by atoms with van der Waals surface area (Å²) < 4.78 is 5.44. The van der Waals surface area contributed by atoms with Crippen molar-refractivity contribution >= 4 is 0 Å². The highest BCUT2D eigenvalue weighted by atomic mass is 16.5. The number of fused-ring (bicyclic) bond motifs is 1. The number of aromatic amines is 1. The molecule has 2 aromatic heterocycles. The monoisotopic (exact) mass is 308 g/mol. The lowest BCUT2D eigenvalue weighted by molar-refractivity contribution is 0.362. The van der Waals surface area contributed by atoms with E-state index in [9.17, 15) is 0 Å². The Morgan fingerprint density at radius 3 is 2.83 bits per heavy atom. The van der Waals surface area contributed by atoms with Crippen molar-refractivity contribution in [3.05, 3.63) is 53.7 Å². The number of nitrogens with zero attached hydrogens (tertiary/aromatic N) is 3. The molecule has 0 amide bonds. The lowest BCUT2D eigenvalue weighted by Gasteiger charge is -2.15. The summed E-state index contributed by atoms with van der Waals surface area (Å²) >= 11 is 0.